The third-order valence-electron chi connectivity index (χ3n) is 4.61. The van der Waals surface area contributed by atoms with E-state index in [0.717, 1.165) is 29.9 Å². The Morgan fingerprint density at radius 1 is 1.04 bits per heavy atom. The smallest absolute Gasteiger partial charge is 0.241 e. The van der Waals surface area contributed by atoms with E-state index in [1.807, 2.05) is 25.7 Å². The molecule has 0 aromatic heterocycles. The lowest BCUT2D eigenvalue weighted by Gasteiger charge is -2.37. The minimum atomic E-state index is -0.204. The van der Waals surface area contributed by atoms with Crippen molar-refractivity contribution < 1.29 is 9.59 Å². The Balaban J connectivity index is 2.00. The fraction of sp³-hybridized carbons (Fsp3) is 0.556. The Kier molecular flexibility index (Phi) is 5.42. The molecule has 1 aromatic carbocycles. The molecule has 1 saturated heterocycles. The molecule has 2 amide bonds. The number of aryl methyl sites for hydroxylation is 3. The number of carbonyl (C=O) groups excluding carboxylic acids is 2. The molecule has 2 rings (SSSR count). The van der Waals surface area contributed by atoms with Gasteiger partial charge in [-0.2, -0.15) is 0 Å². The summed E-state index contributed by atoms with van der Waals surface area (Å²) in [5.74, 6) is 0.115. The lowest BCUT2D eigenvalue weighted by atomic mass is 10.0. The van der Waals surface area contributed by atoms with Crippen LogP contribution < -0.4 is 5.32 Å². The molecule has 0 aliphatic carbocycles. The molecular formula is C18H27N3O2. The zero-order chi connectivity index (χ0) is 17.1. The van der Waals surface area contributed by atoms with Crippen LogP contribution in [0.5, 0.6) is 0 Å². The van der Waals surface area contributed by atoms with Crippen molar-refractivity contribution in [1.82, 2.24) is 9.80 Å². The van der Waals surface area contributed by atoms with Crippen LogP contribution in [-0.2, 0) is 9.59 Å². The molecule has 0 saturated carbocycles. The Bertz CT molecular complexity index is 581. The number of nitrogens with one attached hydrogen (secondary N) is 1. The van der Waals surface area contributed by atoms with E-state index < -0.39 is 0 Å². The monoisotopic (exact) mass is 317 g/mol. The lowest BCUT2D eigenvalue weighted by molar-refractivity contribution is -0.131. The average Bonchev–Trinajstić information content (AvgIpc) is 2.50. The Morgan fingerprint density at radius 3 is 2.04 bits per heavy atom. The summed E-state index contributed by atoms with van der Waals surface area (Å²) in [7, 11) is 0. The molecule has 0 radical (unpaired) electrons. The summed E-state index contributed by atoms with van der Waals surface area (Å²) in [4.78, 5) is 27.9. The van der Waals surface area contributed by atoms with Crippen LogP contribution in [0.3, 0.4) is 0 Å². The van der Waals surface area contributed by atoms with Crippen molar-refractivity contribution in [3.05, 3.63) is 28.8 Å². The summed E-state index contributed by atoms with van der Waals surface area (Å²) in [6.07, 6.45) is 0. The fourth-order valence-electron chi connectivity index (χ4n) is 3.19. The van der Waals surface area contributed by atoms with Crippen LogP contribution in [-0.4, -0.2) is 53.8 Å². The normalized spacial score (nSPS) is 17.0. The number of carbonyl (C=O) groups is 2. The molecule has 1 atom stereocenters. The number of benzene rings is 1. The molecule has 1 aliphatic rings. The van der Waals surface area contributed by atoms with Crippen LogP contribution in [0.15, 0.2) is 12.1 Å². The highest BCUT2D eigenvalue weighted by molar-refractivity contribution is 5.96. The second-order valence-electron chi connectivity index (χ2n) is 6.48. The fourth-order valence-corrected chi connectivity index (χ4v) is 3.19. The molecule has 1 aliphatic heterocycles. The van der Waals surface area contributed by atoms with E-state index in [1.54, 1.807) is 6.92 Å². The summed E-state index contributed by atoms with van der Waals surface area (Å²) in [6.45, 7) is 12.5. The molecule has 1 heterocycles. The van der Waals surface area contributed by atoms with Gasteiger partial charge in [0.1, 0.15) is 0 Å². The van der Waals surface area contributed by atoms with Crippen molar-refractivity contribution in [2.24, 2.45) is 0 Å². The Hall–Kier alpha value is -1.88. The molecule has 126 valence electrons. The van der Waals surface area contributed by atoms with E-state index in [4.69, 9.17) is 0 Å². The second-order valence-corrected chi connectivity index (χ2v) is 6.48. The molecule has 0 bridgehead atoms. The summed E-state index contributed by atoms with van der Waals surface area (Å²) in [6, 6.07) is 3.96. The second kappa shape index (κ2) is 7.13. The minimum absolute atomic E-state index is 0.0105. The Labute approximate surface area is 138 Å². The molecule has 1 aromatic rings. The first-order valence-corrected chi connectivity index (χ1v) is 8.18. The highest BCUT2D eigenvalue weighted by atomic mass is 16.2. The Morgan fingerprint density at radius 2 is 1.57 bits per heavy atom. The first-order valence-electron chi connectivity index (χ1n) is 8.18. The highest BCUT2D eigenvalue weighted by Gasteiger charge is 2.26. The molecule has 5 nitrogen and oxygen atoms in total. The standard InChI is InChI=1S/C18H27N3O2/c1-12-10-13(2)17(14(3)11-12)19-18(23)15(4)20-6-8-21(9-7-20)16(5)22/h10-11,15H,6-9H2,1-5H3,(H,19,23)/t15-/m1/s1. The van der Waals surface area contributed by atoms with Gasteiger partial charge in [-0.1, -0.05) is 17.7 Å². The molecule has 1 fully saturated rings. The predicted octanol–water partition coefficient (Wildman–Crippen LogP) is 2.10. The van der Waals surface area contributed by atoms with Gasteiger partial charge in [-0.25, -0.2) is 0 Å². The van der Waals surface area contributed by atoms with Crippen LogP contribution in [0, 0.1) is 20.8 Å². The van der Waals surface area contributed by atoms with Gasteiger partial charge in [0.05, 0.1) is 6.04 Å². The molecule has 1 N–H and O–H groups in total. The van der Waals surface area contributed by atoms with Gasteiger partial charge in [0.15, 0.2) is 0 Å². The maximum Gasteiger partial charge on any atom is 0.241 e. The van der Waals surface area contributed by atoms with Gasteiger partial charge in [-0.3, -0.25) is 14.5 Å². The van der Waals surface area contributed by atoms with Crippen LogP contribution in [0.4, 0.5) is 5.69 Å². The molecule has 0 unspecified atom stereocenters. The minimum Gasteiger partial charge on any atom is -0.340 e. The van der Waals surface area contributed by atoms with E-state index >= 15 is 0 Å². The SMILES string of the molecule is CC(=O)N1CCN([C@H](C)C(=O)Nc2c(C)cc(C)cc2C)CC1. The third-order valence-corrected chi connectivity index (χ3v) is 4.61. The van der Waals surface area contributed by atoms with Crippen molar-refractivity contribution in [1.29, 1.82) is 0 Å². The molecule has 23 heavy (non-hydrogen) atoms. The summed E-state index contributed by atoms with van der Waals surface area (Å²) in [5, 5.41) is 3.08. The maximum atomic E-state index is 12.6. The van der Waals surface area contributed by atoms with E-state index in [-0.39, 0.29) is 17.9 Å². The zero-order valence-corrected chi connectivity index (χ0v) is 14.8. The van der Waals surface area contributed by atoms with Crippen molar-refractivity contribution in [2.45, 2.75) is 40.7 Å². The third kappa shape index (κ3) is 4.10. The predicted molar refractivity (Wildman–Crippen MR) is 92.6 cm³/mol. The first kappa shape index (κ1) is 17.5. The zero-order valence-electron chi connectivity index (χ0n) is 14.8. The van der Waals surface area contributed by atoms with Crippen LogP contribution in [0.2, 0.25) is 0 Å². The number of anilines is 1. The highest BCUT2D eigenvalue weighted by Crippen LogP contribution is 2.22. The molecule has 5 heteroatoms. The van der Waals surface area contributed by atoms with E-state index in [1.165, 1.54) is 5.56 Å². The van der Waals surface area contributed by atoms with Gasteiger partial charge in [0.25, 0.3) is 0 Å². The molecule has 0 spiro atoms. The van der Waals surface area contributed by atoms with Gasteiger partial charge < -0.3 is 10.2 Å². The average molecular weight is 317 g/mol. The van der Waals surface area contributed by atoms with Gasteiger partial charge in [-0.05, 0) is 38.8 Å². The van der Waals surface area contributed by atoms with Crippen molar-refractivity contribution in [3.8, 4) is 0 Å². The largest absolute Gasteiger partial charge is 0.340 e. The van der Waals surface area contributed by atoms with Crippen molar-refractivity contribution in [2.75, 3.05) is 31.5 Å². The van der Waals surface area contributed by atoms with Gasteiger partial charge >= 0.3 is 0 Å². The quantitative estimate of drug-likeness (QED) is 0.929. The number of amides is 2. The number of nitrogens with zero attached hydrogens (tertiary/aromatic N) is 2. The van der Waals surface area contributed by atoms with Gasteiger partial charge in [-0.15, -0.1) is 0 Å². The first-order chi connectivity index (χ1) is 10.8. The molecular weight excluding hydrogens is 290 g/mol. The van der Waals surface area contributed by atoms with Gasteiger partial charge in [0.2, 0.25) is 11.8 Å². The topological polar surface area (TPSA) is 52.7 Å². The van der Waals surface area contributed by atoms with E-state index in [2.05, 4.69) is 29.3 Å². The van der Waals surface area contributed by atoms with Crippen molar-refractivity contribution in [3.63, 3.8) is 0 Å². The summed E-state index contributed by atoms with van der Waals surface area (Å²) >= 11 is 0. The number of piperazine rings is 1. The van der Waals surface area contributed by atoms with Crippen LogP contribution in [0.25, 0.3) is 0 Å². The van der Waals surface area contributed by atoms with Crippen molar-refractivity contribution >= 4 is 17.5 Å². The number of hydrogen-bond acceptors (Lipinski definition) is 3. The number of hydrogen-bond donors (Lipinski definition) is 1. The van der Waals surface area contributed by atoms with E-state index in [9.17, 15) is 9.59 Å². The lowest BCUT2D eigenvalue weighted by Crippen LogP contribution is -2.53. The summed E-state index contributed by atoms with van der Waals surface area (Å²) in [5.41, 5.74) is 4.29. The van der Waals surface area contributed by atoms with Crippen LogP contribution in [0.1, 0.15) is 30.5 Å². The van der Waals surface area contributed by atoms with E-state index in [0.29, 0.717) is 13.1 Å². The summed E-state index contributed by atoms with van der Waals surface area (Å²) < 4.78 is 0. The maximum absolute atomic E-state index is 12.6. The van der Waals surface area contributed by atoms with Gasteiger partial charge in [0, 0.05) is 38.8 Å². The van der Waals surface area contributed by atoms with Crippen LogP contribution >= 0.6 is 0 Å². The number of rotatable bonds is 3.